The third-order valence-electron chi connectivity index (χ3n) is 2.56. The van der Waals surface area contributed by atoms with Crippen molar-refractivity contribution in [1.29, 1.82) is 0 Å². The summed E-state index contributed by atoms with van der Waals surface area (Å²) in [6.45, 7) is 2.09. The number of terminal acetylenes is 1. The predicted octanol–water partition coefficient (Wildman–Crippen LogP) is 0.303. The topological polar surface area (TPSA) is 15.3 Å². The number of piperidine rings is 1. The quantitative estimate of drug-likeness (QED) is 0.544. The van der Waals surface area contributed by atoms with E-state index in [1.165, 1.54) is 0 Å². The van der Waals surface area contributed by atoms with Gasteiger partial charge in [0.15, 0.2) is 0 Å². The molecule has 0 atom stereocenters. The summed E-state index contributed by atoms with van der Waals surface area (Å²) in [4.78, 5) is 2.16. The molecule has 0 aromatic rings. The Hall–Kier alpha value is -0.520. The Bertz CT molecular complexity index is 161. The molecule has 0 saturated carbocycles. The monoisotopic (exact) mass is 152 g/mol. The van der Waals surface area contributed by atoms with Crippen molar-refractivity contribution in [2.75, 3.05) is 27.2 Å². The van der Waals surface area contributed by atoms with Gasteiger partial charge in [0.1, 0.15) is 0 Å². The summed E-state index contributed by atoms with van der Waals surface area (Å²) in [6.07, 6.45) is 7.65. The van der Waals surface area contributed by atoms with Gasteiger partial charge >= 0.3 is 0 Å². The fraction of sp³-hybridized carbons (Fsp3) is 0.778. The maximum absolute atomic E-state index is 5.52. The number of nitrogens with one attached hydrogen (secondary N) is 1. The van der Waals surface area contributed by atoms with Crippen molar-refractivity contribution in [1.82, 2.24) is 10.2 Å². The van der Waals surface area contributed by atoms with E-state index in [1.807, 2.05) is 0 Å². The van der Waals surface area contributed by atoms with E-state index in [0.717, 1.165) is 25.9 Å². The Balaban J connectivity index is 2.67. The lowest BCUT2D eigenvalue weighted by atomic mass is 9.88. The fourth-order valence-corrected chi connectivity index (χ4v) is 1.56. The number of nitrogens with zero attached hydrogens (tertiary/aromatic N) is 1. The van der Waals surface area contributed by atoms with Gasteiger partial charge in [0, 0.05) is 0 Å². The molecule has 0 bridgehead atoms. The molecule has 0 aromatic carbocycles. The predicted molar refractivity (Wildman–Crippen MR) is 47.4 cm³/mol. The molecular weight excluding hydrogens is 136 g/mol. The summed E-state index contributed by atoms with van der Waals surface area (Å²) in [5.41, 5.74) is 0.0191. The van der Waals surface area contributed by atoms with Crippen LogP contribution in [0.1, 0.15) is 12.8 Å². The second-order valence-electron chi connectivity index (χ2n) is 3.32. The van der Waals surface area contributed by atoms with Crippen LogP contribution in [0.4, 0.5) is 0 Å². The van der Waals surface area contributed by atoms with Crippen molar-refractivity contribution in [3.8, 4) is 12.3 Å². The van der Waals surface area contributed by atoms with E-state index < -0.39 is 0 Å². The SMILES string of the molecule is C#CC1(N(C)C)CCNCC1. The van der Waals surface area contributed by atoms with Gasteiger partial charge in [-0.3, -0.25) is 4.90 Å². The molecule has 1 N–H and O–H groups in total. The molecule has 11 heavy (non-hydrogen) atoms. The van der Waals surface area contributed by atoms with Crippen molar-refractivity contribution in [2.45, 2.75) is 18.4 Å². The molecule has 1 saturated heterocycles. The van der Waals surface area contributed by atoms with Crippen LogP contribution < -0.4 is 5.32 Å². The Morgan fingerprint density at radius 1 is 1.36 bits per heavy atom. The minimum Gasteiger partial charge on any atom is -0.317 e. The van der Waals surface area contributed by atoms with E-state index in [1.54, 1.807) is 0 Å². The third kappa shape index (κ3) is 1.55. The summed E-state index contributed by atoms with van der Waals surface area (Å²) in [5.74, 6) is 2.90. The summed E-state index contributed by atoms with van der Waals surface area (Å²) in [6, 6.07) is 0. The molecule has 2 nitrogen and oxygen atoms in total. The fourth-order valence-electron chi connectivity index (χ4n) is 1.56. The van der Waals surface area contributed by atoms with Crippen LogP contribution in [-0.2, 0) is 0 Å². The highest BCUT2D eigenvalue weighted by atomic mass is 15.2. The van der Waals surface area contributed by atoms with Crippen molar-refractivity contribution in [3.05, 3.63) is 0 Å². The molecule has 0 aromatic heterocycles. The van der Waals surface area contributed by atoms with Crippen LogP contribution in [0.3, 0.4) is 0 Å². The highest BCUT2D eigenvalue weighted by molar-refractivity contribution is 5.14. The van der Waals surface area contributed by atoms with E-state index in [0.29, 0.717) is 0 Å². The van der Waals surface area contributed by atoms with Crippen LogP contribution in [0, 0.1) is 12.3 Å². The molecule has 0 radical (unpaired) electrons. The average Bonchev–Trinajstić information content (AvgIpc) is 2.05. The molecule has 1 aliphatic rings. The van der Waals surface area contributed by atoms with Crippen LogP contribution in [0.5, 0.6) is 0 Å². The van der Waals surface area contributed by atoms with Crippen LogP contribution in [0.15, 0.2) is 0 Å². The van der Waals surface area contributed by atoms with Crippen LogP contribution in [0.2, 0.25) is 0 Å². The molecule has 0 amide bonds. The first-order valence-corrected chi connectivity index (χ1v) is 4.07. The molecule has 1 aliphatic heterocycles. The summed E-state index contributed by atoms with van der Waals surface area (Å²) in [5, 5.41) is 3.31. The van der Waals surface area contributed by atoms with E-state index in [9.17, 15) is 0 Å². The standard InChI is InChI=1S/C9H16N2/c1-4-9(11(2)3)5-7-10-8-6-9/h1,10H,5-8H2,2-3H3. The maximum atomic E-state index is 5.52. The highest BCUT2D eigenvalue weighted by Crippen LogP contribution is 2.22. The van der Waals surface area contributed by atoms with Gasteiger partial charge in [-0.05, 0) is 40.0 Å². The van der Waals surface area contributed by atoms with Gasteiger partial charge in [-0.2, -0.15) is 0 Å². The first-order valence-electron chi connectivity index (χ1n) is 4.07. The van der Waals surface area contributed by atoms with Gasteiger partial charge in [-0.1, -0.05) is 5.92 Å². The molecule has 0 spiro atoms. The van der Waals surface area contributed by atoms with Crippen LogP contribution in [-0.4, -0.2) is 37.6 Å². The lowest BCUT2D eigenvalue weighted by Gasteiger charge is -2.38. The summed E-state index contributed by atoms with van der Waals surface area (Å²) < 4.78 is 0. The minimum absolute atomic E-state index is 0.0191. The summed E-state index contributed by atoms with van der Waals surface area (Å²) >= 11 is 0. The second kappa shape index (κ2) is 3.25. The Kier molecular flexibility index (Phi) is 2.53. The zero-order chi connectivity index (χ0) is 8.32. The average molecular weight is 152 g/mol. The smallest absolute Gasteiger partial charge is 0.0842 e. The lowest BCUT2D eigenvalue weighted by molar-refractivity contribution is 0.169. The van der Waals surface area contributed by atoms with Crippen LogP contribution >= 0.6 is 0 Å². The van der Waals surface area contributed by atoms with Gasteiger partial charge in [-0.15, -0.1) is 6.42 Å². The molecule has 1 rings (SSSR count). The molecule has 0 aliphatic carbocycles. The van der Waals surface area contributed by atoms with Gasteiger partial charge in [0.05, 0.1) is 5.54 Å². The zero-order valence-corrected chi connectivity index (χ0v) is 7.35. The number of rotatable bonds is 1. The van der Waals surface area contributed by atoms with Crippen LogP contribution in [0.25, 0.3) is 0 Å². The van der Waals surface area contributed by atoms with Gasteiger partial charge in [0.25, 0.3) is 0 Å². The van der Waals surface area contributed by atoms with Gasteiger partial charge < -0.3 is 5.32 Å². The molecule has 62 valence electrons. The van der Waals surface area contributed by atoms with Crippen molar-refractivity contribution in [2.24, 2.45) is 0 Å². The van der Waals surface area contributed by atoms with E-state index in [2.05, 4.69) is 30.2 Å². The minimum atomic E-state index is 0.0191. The van der Waals surface area contributed by atoms with E-state index in [4.69, 9.17) is 6.42 Å². The van der Waals surface area contributed by atoms with Crippen molar-refractivity contribution < 1.29 is 0 Å². The Morgan fingerprint density at radius 3 is 2.18 bits per heavy atom. The second-order valence-corrected chi connectivity index (χ2v) is 3.32. The van der Waals surface area contributed by atoms with E-state index in [-0.39, 0.29) is 5.54 Å². The van der Waals surface area contributed by atoms with Gasteiger partial charge in [-0.25, -0.2) is 0 Å². The summed E-state index contributed by atoms with van der Waals surface area (Å²) in [7, 11) is 4.12. The zero-order valence-electron chi connectivity index (χ0n) is 7.35. The van der Waals surface area contributed by atoms with Gasteiger partial charge in [0.2, 0.25) is 0 Å². The molecule has 0 unspecified atom stereocenters. The lowest BCUT2D eigenvalue weighted by Crippen LogP contribution is -2.50. The first-order chi connectivity index (χ1) is 5.21. The van der Waals surface area contributed by atoms with E-state index >= 15 is 0 Å². The molecule has 1 heterocycles. The molecule has 1 fully saturated rings. The van der Waals surface area contributed by atoms with Crippen molar-refractivity contribution >= 4 is 0 Å². The first kappa shape index (κ1) is 8.58. The normalized spacial score (nSPS) is 23.1. The molecule has 2 heteroatoms. The highest BCUT2D eigenvalue weighted by Gasteiger charge is 2.31. The number of hydrogen-bond acceptors (Lipinski definition) is 2. The molecular formula is C9H16N2. The third-order valence-corrected chi connectivity index (χ3v) is 2.56. The number of hydrogen-bond donors (Lipinski definition) is 1. The maximum Gasteiger partial charge on any atom is 0.0842 e. The largest absolute Gasteiger partial charge is 0.317 e. The Morgan fingerprint density at radius 2 is 1.91 bits per heavy atom. The Labute approximate surface area is 69.0 Å². The van der Waals surface area contributed by atoms with Crippen molar-refractivity contribution in [3.63, 3.8) is 0 Å².